The first-order valence-corrected chi connectivity index (χ1v) is 15.2. The number of hydrogen-bond acceptors (Lipinski definition) is 8. The Bertz CT molecular complexity index is 1210. The van der Waals surface area contributed by atoms with E-state index >= 15 is 0 Å². The maximum absolute atomic E-state index is 14.4. The van der Waals surface area contributed by atoms with Crippen molar-refractivity contribution in [2.45, 2.75) is 118 Å². The first kappa shape index (κ1) is 32.4. The fourth-order valence-corrected chi connectivity index (χ4v) is 9.88. The van der Waals surface area contributed by atoms with E-state index in [4.69, 9.17) is 9.47 Å². The number of rotatable bonds is 6. The standard InChI is InChI=1S/C33H48O9/c1-16(2)10-9-11-20(30(39)40)25-21-14-23(37)28-31(6)13-12-22(36)17(3)26(31)27(42-19(5)35)29(38)33(28,8)32(21,7)15-24(25)41-18(4)34/h10,17,21-22,24,26-29,36,38H,9,11-15H2,1-8H3,(H,39,40). The Morgan fingerprint density at radius 3 is 2.19 bits per heavy atom. The zero-order chi connectivity index (χ0) is 31.5. The predicted molar refractivity (Wildman–Crippen MR) is 154 cm³/mol. The van der Waals surface area contributed by atoms with Gasteiger partial charge in [-0.15, -0.1) is 0 Å². The van der Waals surface area contributed by atoms with Crippen LogP contribution in [0.5, 0.6) is 0 Å². The van der Waals surface area contributed by atoms with E-state index in [1.54, 1.807) is 0 Å². The number of ether oxygens (including phenoxy) is 2. The molecule has 4 saturated carbocycles. The maximum atomic E-state index is 14.4. The van der Waals surface area contributed by atoms with Crippen molar-refractivity contribution in [2.24, 2.45) is 39.9 Å². The number of carbonyl (C=O) groups excluding carboxylic acids is 3. The average Bonchev–Trinajstić information content (AvgIpc) is 3.13. The number of aliphatic carboxylic acids is 1. The van der Waals surface area contributed by atoms with Crippen molar-refractivity contribution in [1.29, 1.82) is 0 Å². The lowest BCUT2D eigenvalue weighted by Crippen LogP contribution is -2.74. The lowest BCUT2D eigenvalue weighted by molar-refractivity contribution is -0.277. The van der Waals surface area contributed by atoms with E-state index in [1.165, 1.54) is 13.8 Å². The summed E-state index contributed by atoms with van der Waals surface area (Å²) in [5.74, 6) is -4.31. The highest BCUT2D eigenvalue weighted by atomic mass is 16.6. The van der Waals surface area contributed by atoms with Gasteiger partial charge in [-0.25, -0.2) is 4.79 Å². The molecule has 0 heterocycles. The largest absolute Gasteiger partial charge is 0.478 e. The number of carbonyl (C=O) groups is 4. The van der Waals surface area contributed by atoms with Crippen molar-refractivity contribution < 1.29 is 44.0 Å². The van der Waals surface area contributed by atoms with E-state index in [0.29, 0.717) is 24.8 Å². The van der Waals surface area contributed by atoms with Crippen molar-refractivity contribution in [1.82, 2.24) is 0 Å². The number of carboxylic acids is 1. The van der Waals surface area contributed by atoms with Crippen molar-refractivity contribution in [3.63, 3.8) is 0 Å². The molecule has 11 atom stereocenters. The number of fused-ring (bicyclic) bond motifs is 5. The first-order chi connectivity index (χ1) is 19.4. The smallest absolute Gasteiger partial charge is 0.331 e. The molecule has 234 valence electrons. The minimum absolute atomic E-state index is 0.0630. The molecule has 4 aliphatic carbocycles. The normalized spacial score (nSPS) is 43.8. The molecule has 9 heteroatoms. The summed E-state index contributed by atoms with van der Waals surface area (Å²) in [5, 5.41) is 33.5. The molecule has 9 nitrogen and oxygen atoms in total. The summed E-state index contributed by atoms with van der Waals surface area (Å²) < 4.78 is 11.7. The first-order valence-electron chi connectivity index (χ1n) is 15.2. The maximum Gasteiger partial charge on any atom is 0.331 e. The van der Waals surface area contributed by atoms with Crippen molar-refractivity contribution in [2.75, 3.05) is 0 Å². The summed E-state index contributed by atoms with van der Waals surface area (Å²) in [7, 11) is 0. The molecule has 0 spiro atoms. The quantitative estimate of drug-likeness (QED) is 0.233. The fourth-order valence-electron chi connectivity index (χ4n) is 9.88. The lowest BCUT2D eigenvalue weighted by Gasteiger charge is -2.69. The Hall–Kier alpha value is -2.52. The van der Waals surface area contributed by atoms with Gasteiger partial charge in [0.2, 0.25) is 0 Å². The molecule has 4 rings (SSSR count). The van der Waals surface area contributed by atoms with E-state index in [-0.39, 0.29) is 36.5 Å². The third-order valence-electron chi connectivity index (χ3n) is 11.7. The Labute approximate surface area is 248 Å². The predicted octanol–water partition coefficient (Wildman–Crippen LogP) is 4.39. The number of aliphatic hydroxyl groups is 2. The fraction of sp³-hybridized carbons (Fsp3) is 0.758. The van der Waals surface area contributed by atoms with Crippen LogP contribution >= 0.6 is 0 Å². The zero-order valence-electron chi connectivity index (χ0n) is 26.2. The van der Waals surface area contributed by atoms with Gasteiger partial charge in [0.25, 0.3) is 0 Å². The Morgan fingerprint density at radius 1 is 1.02 bits per heavy atom. The van der Waals surface area contributed by atoms with E-state index in [1.807, 2.05) is 47.6 Å². The SMILES string of the molecule is CC(=O)OC1CC2(C)C(CC(=O)C3C4(C)CCC(O)C(C)C4C(OC(C)=O)C(O)C32C)C1=C(CCC=C(C)C)C(=O)O. The van der Waals surface area contributed by atoms with Crippen LogP contribution < -0.4 is 0 Å². The average molecular weight is 589 g/mol. The highest BCUT2D eigenvalue weighted by molar-refractivity contribution is 5.90. The van der Waals surface area contributed by atoms with Crippen LogP contribution in [0.4, 0.5) is 0 Å². The van der Waals surface area contributed by atoms with Crippen molar-refractivity contribution >= 4 is 23.7 Å². The summed E-state index contributed by atoms with van der Waals surface area (Å²) in [6.45, 7) is 14.2. The second kappa shape index (κ2) is 11.2. The van der Waals surface area contributed by atoms with E-state index in [2.05, 4.69) is 0 Å². The van der Waals surface area contributed by atoms with Crippen LogP contribution in [-0.4, -0.2) is 63.4 Å². The van der Waals surface area contributed by atoms with E-state index in [0.717, 1.165) is 5.57 Å². The van der Waals surface area contributed by atoms with Gasteiger partial charge in [0, 0.05) is 43.1 Å². The second-order valence-corrected chi connectivity index (χ2v) is 14.2. The van der Waals surface area contributed by atoms with Gasteiger partial charge < -0.3 is 24.8 Å². The molecule has 0 aliphatic heterocycles. The third-order valence-corrected chi connectivity index (χ3v) is 11.7. The lowest BCUT2D eigenvalue weighted by atomic mass is 9.35. The van der Waals surface area contributed by atoms with Crippen LogP contribution in [0, 0.1) is 39.9 Å². The molecule has 4 aliphatic rings. The van der Waals surface area contributed by atoms with Crippen LogP contribution in [0.1, 0.15) is 93.9 Å². The zero-order valence-corrected chi connectivity index (χ0v) is 26.2. The van der Waals surface area contributed by atoms with E-state index in [9.17, 15) is 34.5 Å². The Balaban J connectivity index is 1.95. The summed E-state index contributed by atoms with van der Waals surface area (Å²) in [6, 6.07) is 0. The Morgan fingerprint density at radius 2 is 1.64 bits per heavy atom. The molecule has 0 aromatic heterocycles. The molecule has 11 unspecified atom stereocenters. The molecule has 0 bridgehead atoms. The molecular formula is C33H48O9. The van der Waals surface area contributed by atoms with E-state index < -0.39 is 76.3 Å². The Kier molecular flexibility index (Phi) is 8.64. The highest BCUT2D eigenvalue weighted by Gasteiger charge is 2.76. The molecule has 0 radical (unpaired) electrons. The molecule has 42 heavy (non-hydrogen) atoms. The van der Waals surface area contributed by atoms with Gasteiger partial charge in [0.05, 0.1) is 12.2 Å². The van der Waals surface area contributed by atoms with Gasteiger partial charge in [0.1, 0.15) is 18.0 Å². The van der Waals surface area contributed by atoms with Gasteiger partial charge >= 0.3 is 17.9 Å². The van der Waals surface area contributed by atoms with Crippen LogP contribution in [-0.2, 0) is 28.7 Å². The minimum atomic E-state index is -1.27. The molecule has 3 N–H and O–H groups in total. The van der Waals surface area contributed by atoms with Gasteiger partial charge in [-0.05, 0) is 74.2 Å². The summed E-state index contributed by atoms with van der Waals surface area (Å²) in [4.78, 5) is 51.9. The van der Waals surface area contributed by atoms with Crippen LogP contribution in [0.15, 0.2) is 22.8 Å². The molecule has 0 saturated heterocycles. The van der Waals surface area contributed by atoms with Crippen LogP contribution in [0.2, 0.25) is 0 Å². The van der Waals surface area contributed by atoms with Gasteiger partial charge in [-0.2, -0.15) is 0 Å². The van der Waals surface area contributed by atoms with Crippen molar-refractivity contribution in [3.8, 4) is 0 Å². The molecule has 0 amide bonds. The number of ketones is 1. The number of Topliss-reactive ketones (excluding diaryl/α,β-unsaturated/α-hetero) is 1. The highest BCUT2D eigenvalue weighted by Crippen LogP contribution is 2.74. The van der Waals surface area contributed by atoms with Crippen LogP contribution in [0.3, 0.4) is 0 Å². The molecule has 0 aromatic rings. The number of carboxylic acid groups (broad SMARTS) is 1. The third kappa shape index (κ3) is 4.84. The second-order valence-electron chi connectivity index (χ2n) is 14.2. The minimum Gasteiger partial charge on any atom is -0.478 e. The molecular weight excluding hydrogens is 540 g/mol. The number of aliphatic hydroxyl groups excluding tert-OH is 2. The number of allylic oxidation sites excluding steroid dienone is 2. The molecule has 4 fully saturated rings. The number of hydrogen-bond donors (Lipinski definition) is 3. The number of esters is 2. The monoisotopic (exact) mass is 588 g/mol. The summed E-state index contributed by atoms with van der Waals surface area (Å²) in [5.41, 5.74) is -1.07. The topological polar surface area (TPSA) is 147 Å². The summed E-state index contributed by atoms with van der Waals surface area (Å²) >= 11 is 0. The summed E-state index contributed by atoms with van der Waals surface area (Å²) in [6.07, 6.45) is 0.161. The van der Waals surface area contributed by atoms with Crippen LogP contribution in [0.25, 0.3) is 0 Å². The van der Waals surface area contributed by atoms with Gasteiger partial charge in [-0.1, -0.05) is 39.3 Å². The van der Waals surface area contributed by atoms with Gasteiger partial charge in [0.15, 0.2) is 0 Å². The van der Waals surface area contributed by atoms with Gasteiger partial charge in [-0.3, -0.25) is 14.4 Å². The molecule has 0 aromatic carbocycles. The van der Waals surface area contributed by atoms with Crippen molar-refractivity contribution in [3.05, 3.63) is 22.8 Å².